The van der Waals surface area contributed by atoms with E-state index in [2.05, 4.69) is 25.7 Å². The average Bonchev–Trinajstić information content (AvgIpc) is 3.11. The Bertz CT molecular complexity index is 504. The van der Waals surface area contributed by atoms with Crippen molar-refractivity contribution in [2.75, 3.05) is 19.6 Å². The molecule has 2 heteroatoms. The zero-order chi connectivity index (χ0) is 16.5. The lowest BCUT2D eigenvalue weighted by Gasteiger charge is -2.29. The molecular weight excluding hydrogens is 282 g/mol. The topological polar surface area (TPSA) is 24.7 Å². The molecule has 0 amide bonds. The number of quaternary nitrogens is 1. The van der Waals surface area contributed by atoms with Crippen molar-refractivity contribution in [2.45, 2.75) is 58.0 Å². The molecule has 2 N–H and O–H groups in total. The number of nitrogens with one attached hydrogen (secondary N) is 1. The first-order valence-corrected chi connectivity index (χ1v) is 9.32. The highest BCUT2D eigenvalue weighted by Gasteiger charge is 2.38. The summed E-state index contributed by atoms with van der Waals surface area (Å²) in [6.07, 6.45) is 6.96. The van der Waals surface area contributed by atoms with E-state index < -0.39 is 5.60 Å². The third kappa shape index (κ3) is 4.83. The summed E-state index contributed by atoms with van der Waals surface area (Å²) < 4.78 is 0. The Morgan fingerprint density at radius 1 is 1.09 bits per heavy atom. The smallest absolute Gasteiger partial charge is 0.153 e. The van der Waals surface area contributed by atoms with Crippen LogP contribution in [0.2, 0.25) is 0 Å². The van der Waals surface area contributed by atoms with Gasteiger partial charge >= 0.3 is 0 Å². The molecule has 0 heterocycles. The predicted molar refractivity (Wildman–Crippen MR) is 96.2 cm³/mol. The summed E-state index contributed by atoms with van der Waals surface area (Å²) in [4.78, 5) is 1.53. The third-order valence-electron chi connectivity index (χ3n) is 4.98. The number of rotatable bonds is 7. The normalized spacial score (nSPS) is 17.7. The highest BCUT2D eigenvalue weighted by molar-refractivity contribution is 5.33. The summed E-state index contributed by atoms with van der Waals surface area (Å²) in [5.74, 6) is 6.90. The number of hydrogen-bond acceptors (Lipinski definition) is 1. The summed E-state index contributed by atoms with van der Waals surface area (Å²) >= 11 is 0. The van der Waals surface area contributed by atoms with E-state index in [0.29, 0.717) is 0 Å². The summed E-state index contributed by atoms with van der Waals surface area (Å²) in [6.45, 7) is 7.61. The fourth-order valence-corrected chi connectivity index (χ4v) is 3.76. The van der Waals surface area contributed by atoms with E-state index in [1.165, 1.54) is 30.6 Å². The number of aliphatic hydroxyl groups is 1. The molecular formula is C21H32NO+. The summed E-state index contributed by atoms with van der Waals surface area (Å²) in [7, 11) is 0. The van der Waals surface area contributed by atoms with E-state index in [1.54, 1.807) is 0 Å². The van der Waals surface area contributed by atoms with Crippen molar-refractivity contribution in [3.05, 3.63) is 35.9 Å². The lowest BCUT2D eigenvalue weighted by molar-refractivity contribution is -0.892. The van der Waals surface area contributed by atoms with Crippen LogP contribution in [-0.4, -0.2) is 24.7 Å². The molecule has 1 aliphatic carbocycles. The Kier molecular flexibility index (Phi) is 7.15. The third-order valence-corrected chi connectivity index (χ3v) is 4.98. The molecule has 1 aromatic carbocycles. The molecule has 1 atom stereocenters. The lowest BCUT2D eigenvalue weighted by Crippen LogP contribution is -3.11. The first-order chi connectivity index (χ1) is 11.2. The molecule has 1 fully saturated rings. The molecule has 0 spiro atoms. The average molecular weight is 314 g/mol. The van der Waals surface area contributed by atoms with Gasteiger partial charge in [-0.2, -0.15) is 0 Å². The Morgan fingerprint density at radius 3 is 2.26 bits per heavy atom. The Balaban J connectivity index is 2.17. The monoisotopic (exact) mass is 314 g/mol. The molecule has 2 rings (SSSR count). The predicted octanol–water partition coefficient (Wildman–Crippen LogP) is 2.77. The Morgan fingerprint density at radius 2 is 1.70 bits per heavy atom. The van der Waals surface area contributed by atoms with E-state index in [1.807, 2.05) is 30.3 Å². The molecule has 1 aliphatic rings. The number of benzene rings is 1. The molecule has 1 aromatic rings. The maximum Gasteiger partial charge on any atom is 0.153 e. The van der Waals surface area contributed by atoms with E-state index in [0.717, 1.165) is 38.0 Å². The van der Waals surface area contributed by atoms with Gasteiger partial charge in [0.25, 0.3) is 0 Å². The van der Waals surface area contributed by atoms with Crippen LogP contribution in [0.5, 0.6) is 0 Å². The van der Waals surface area contributed by atoms with Crippen molar-refractivity contribution in [1.29, 1.82) is 0 Å². The zero-order valence-electron chi connectivity index (χ0n) is 14.8. The maximum atomic E-state index is 11.4. The fourth-order valence-electron chi connectivity index (χ4n) is 3.76. The van der Waals surface area contributed by atoms with Crippen LogP contribution < -0.4 is 4.90 Å². The van der Waals surface area contributed by atoms with E-state index in [4.69, 9.17) is 0 Å². The highest BCUT2D eigenvalue weighted by Crippen LogP contribution is 2.40. The minimum Gasteiger partial charge on any atom is -0.373 e. The van der Waals surface area contributed by atoms with Gasteiger partial charge in [0.05, 0.1) is 13.1 Å². The number of hydrogen-bond donors (Lipinski definition) is 2. The van der Waals surface area contributed by atoms with Gasteiger partial charge in [0.2, 0.25) is 0 Å². The summed E-state index contributed by atoms with van der Waals surface area (Å²) in [5, 5.41) is 11.4. The quantitative estimate of drug-likeness (QED) is 0.743. The molecule has 23 heavy (non-hydrogen) atoms. The minimum atomic E-state index is -0.971. The fraction of sp³-hybridized carbons (Fsp3) is 0.619. The van der Waals surface area contributed by atoms with Crippen molar-refractivity contribution in [3.8, 4) is 11.8 Å². The second-order valence-corrected chi connectivity index (χ2v) is 6.84. The largest absolute Gasteiger partial charge is 0.373 e. The van der Waals surface area contributed by atoms with Crippen LogP contribution in [0.3, 0.4) is 0 Å². The Labute approximate surface area is 141 Å². The minimum absolute atomic E-state index is 0.276. The van der Waals surface area contributed by atoms with Crippen LogP contribution in [0.1, 0.15) is 57.9 Å². The second kappa shape index (κ2) is 9.11. The zero-order valence-corrected chi connectivity index (χ0v) is 14.8. The molecule has 0 saturated heterocycles. The van der Waals surface area contributed by atoms with Gasteiger partial charge in [-0.25, -0.2) is 0 Å². The van der Waals surface area contributed by atoms with Crippen molar-refractivity contribution in [3.63, 3.8) is 0 Å². The first kappa shape index (κ1) is 18.0. The standard InChI is InChI=1S/C21H31NO/c1-3-16-22(17-4-2)18-10-15-21(23,20-13-8-9-14-20)19-11-6-5-7-12-19/h5-7,11-12,20,23H,3-4,8-9,13-14,16-18H2,1-2H3/p+1/t21-/m0/s1. The molecule has 2 nitrogen and oxygen atoms in total. The van der Waals surface area contributed by atoms with Gasteiger partial charge in [0, 0.05) is 5.92 Å². The second-order valence-electron chi connectivity index (χ2n) is 6.84. The van der Waals surface area contributed by atoms with Gasteiger partial charge < -0.3 is 10.0 Å². The molecule has 0 bridgehead atoms. The van der Waals surface area contributed by atoms with Gasteiger partial charge in [0.15, 0.2) is 5.60 Å². The van der Waals surface area contributed by atoms with Crippen molar-refractivity contribution < 1.29 is 10.0 Å². The summed E-state index contributed by atoms with van der Waals surface area (Å²) in [6, 6.07) is 10.1. The molecule has 0 aliphatic heterocycles. The van der Waals surface area contributed by atoms with Crippen molar-refractivity contribution in [1.82, 2.24) is 0 Å². The lowest BCUT2D eigenvalue weighted by atomic mass is 9.80. The van der Waals surface area contributed by atoms with Gasteiger partial charge in [-0.3, -0.25) is 0 Å². The highest BCUT2D eigenvalue weighted by atomic mass is 16.3. The Hall–Kier alpha value is -1.30. The SMILES string of the molecule is CCC[NH+](CC#C[C@](O)(c1ccccc1)C1CCCC1)CCC. The van der Waals surface area contributed by atoms with Crippen LogP contribution >= 0.6 is 0 Å². The molecule has 0 unspecified atom stereocenters. The van der Waals surface area contributed by atoms with Crippen molar-refractivity contribution in [2.24, 2.45) is 5.92 Å². The molecule has 0 aromatic heterocycles. The maximum absolute atomic E-state index is 11.4. The van der Waals surface area contributed by atoms with Crippen LogP contribution in [0.15, 0.2) is 30.3 Å². The molecule has 1 saturated carbocycles. The van der Waals surface area contributed by atoms with Gasteiger partial charge in [-0.15, -0.1) is 0 Å². The van der Waals surface area contributed by atoms with E-state index >= 15 is 0 Å². The van der Waals surface area contributed by atoms with Crippen LogP contribution in [0.4, 0.5) is 0 Å². The van der Waals surface area contributed by atoms with Crippen LogP contribution in [-0.2, 0) is 5.60 Å². The van der Waals surface area contributed by atoms with Gasteiger partial charge in [-0.05, 0) is 37.2 Å². The van der Waals surface area contributed by atoms with Crippen molar-refractivity contribution >= 4 is 0 Å². The molecule has 0 radical (unpaired) electrons. The van der Waals surface area contributed by atoms with Crippen LogP contribution in [0, 0.1) is 17.8 Å². The first-order valence-electron chi connectivity index (χ1n) is 9.32. The van der Waals surface area contributed by atoms with Gasteiger partial charge in [0.1, 0.15) is 6.54 Å². The summed E-state index contributed by atoms with van der Waals surface area (Å²) in [5.41, 5.74) is -0.00618. The van der Waals surface area contributed by atoms with Gasteiger partial charge in [-0.1, -0.05) is 62.9 Å². The molecule has 126 valence electrons. The van der Waals surface area contributed by atoms with Crippen LogP contribution in [0.25, 0.3) is 0 Å². The van der Waals surface area contributed by atoms with E-state index in [9.17, 15) is 5.11 Å². The van der Waals surface area contributed by atoms with E-state index in [-0.39, 0.29) is 5.92 Å².